The number of hydrogen-bond acceptors (Lipinski definition) is 6. The van der Waals surface area contributed by atoms with Crippen LogP contribution in [0.2, 0.25) is 0 Å². The van der Waals surface area contributed by atoms with Gasteiger partial charge in [-0.25, -0.2) is 26.7 Å². The number of piperazine rings is 1. The molecule has 1 aliphatic heterocycles. The van der Waals surface area contributed by atoms with E-state index < -0.39 is 20.0 Å². The third kappa shape index (κ3) is 6.00. The second kappa shape index (κ2) is 9.23. The van der Waals surface area contributed by atoms with Crippen molar-refractivity contribution >= 4 is 25.7 Å². The van der Waals surface area contributed by atoms with Gasteiger partial charge in [-0.1, -0.05) is 24.3 Å². The molecule has 1 aliphatic rings. The van der Waals surface area contributed by atoms with Crippen molar-refractivity contribution in [2.75, 3.05) is 44.2 Å². The molecule has 0 radical (unpaired) electrons. The molecule has 2 aromatic carbocycles. The standard InChI is InChI=1S/C19H26N4O4S2/c20-28(24,25)18-8-4-9-19(16-18)29(26,27)21-10-5-11-22-12-14-23(15-13-22)17-6-2-1-3-7-17/h1-4,6-9,16,21H,5,10-15H2,(H2,20,24,25). The molecule has 1 saturated heterocycles. The van der Waals surface area contributed by atoms with Crippen LogP contribution in [0.25, 0.3) is 0 Å². The molecule has 10 heteroatoms. The molecule has 0 aromatic heterocycles. The Morgan fingerprint density at radius 2 is 1.52 bits per heavy atom. The average molecular weight is 439 g/mol. The van der Waals surface area contributed by atoms with Crippen molar-refractivity contribution in [1.82, 2.24) is 9.62 Å². The highest BCUT2D eigenvalue weighted by molar-refractivity contribution is 7.90. The van der Waals surface area contributed by atoms with Crippen LogP contribution in [-0.4, -0.2) is 61.0 Å². The van der Waals surface area contributed by atoms with Crippen LogP contribution >= 0.6 is 0 Å². The smallest absolute Gasteiger partial charge is 0.240 e. The van der Waals surface area contributed by atoms with Gasteiger partial charge < -0.3 is 4.90 Å². The number of benzene rings is 2. The molecule has 3 N–H and O–H groups in total. The van der Waals surface area contributed by atoms with Gasteiger partial charge in [0.1, 0.15) is 0 Å². The molecule has 3 rings (SSSR count). The molecule has 8 nitrogen and oxygen atoms in total. The molecule has 29 heavy (non-hydrogen) atoms. The van der Waals surface area contributed by atoms with Gasteiger partial charge in [0.05, 0.1) is 9.79 Å². The Hall–Kier alpha value is -1.98. The number of anilines is 1. The van der Waals surface area contributed by atoms with E-state index in [-0.39, 0.29) is 16.3 Å². The van der Waals surface area contributed by atoms with Crippen LogP contribution in [0.4, 0.5) is 5.69 Å². The van der Waals surface area contributed by atoms with Crippen molar-refractivity contribution in [3.05, 3.63) is 54.6 Å². The number of para-hydroxylation sites is 1. The second-order valence-corrected chi connectivity index (χ2v) is 10.3. The lowest BCUT2D eigenvalue weighted by Crippen LogP contribution is -2.47. The number of nitrogens with one attached hydrogen (secondary N) is 1. The maximum atomic E-state index is 12.4. The highest BCUT2D eigenvalue weighted by Crippen LogP contribution is 2.16. The zero-order valence-corrected chi connectivity index (χ0v) is 17.7. The molecule has 0 atom stereocenters. The lowest BCUT2D eigenvalue weighted by atomic mass is 10.2. The lowest BCUT2D eigenvalue weighted by molar-refractivity contribution is 0.255. The Morgan fingerprint density at radius 3 is 2.17 bits per heavy atom. The maximum absolute atomic E-state index is 12.4. The van der Waals surface area contributed by atoms with Gasteiger partial charge in [-0.05, 0) is 43.3 Å². The topological polar surface area (TPSA) is 113 Å². The quantitative estimate of drug-likeness (QED) is 0.590. The molecule has 0 aliphatic carbocycles. The van der Waals surface area contributed by atoms with E-state index in [0.29, 0.717) is 6.42 Å². The van der Waals surface area contributed by atoms with Gasteiger partial charge in [0.15, 0.2) is 0 Å². The van der Waals surface area contributed by atoms with Crippen LogP contribution < -0.4 is 14.8 Å². The van der Waals surface area contributed by atoms with E-state index in [1.165, 1.54) is 23.9 Å². The molecule has 158 valence electrons. The van der Waals surface area contributed by atoms with E-state index in [1.807, 2.05) is 18.2 Å². The van der Waals surface area contributed by atoms with Crippen molar-refractivity contribution in [3.8, 4) is 0 Å². The van der Waals surface area contributed by atoms with Gasteiger partial charge in [-0.3, -0.25) is 4.90 Å². The predicted molar refractivity (Wildman–Crippen MR) is 113 cm³/mol. The maximum Gasteiger partial charge on any atom is 0.240 e. The van der Waals surface area contributed by atoms with Gasteiger partial charge in [-0.15, -0.1) is 0 Å². The van der Waals surface area contributed by atoms with E-state index in [2.05, 4.69) is 26.7 Å². The van der Waals surface area contributed by atoms with Gasteiger partial charge in [0.25, 0.3) is 0 Å². The summed E-state index contributed by atoms with van der Waals surface area (Å²) in [5, 5.41) is 5.07. The Bertz CT molecular complexity index is 1020. The summed E-state index contributed by atoms with van der Waals surface area (Å²) in [5.74, 6) is 0. The monoisotopic (exact) mass is 438 g/mol. The summed E-state index contributed by atoms with van der Waals surface area (Å²) in [6.45, 7) is 4.81. The highest BCUT2D eigenvalue weighted by Gasteiger charge is 2.19. The van der Waals surface area contributed by atoms with Crippen molar-refractivity contribution in [2.45, 2.75) is 16.2 Å². The van der Waals surface area contributed by atoms with Gasteiger partial charge in [0, 0.05) is 38.4 Å². The Balaban J connectivity index is 1.45. The largest absolute Gasteiger partial charge is 0.369 e. The molecule has 0 amide bonds. The molecular formula is C19H26N4O4S2. The first-order valence-corrected chi connectivity index (χ1v) is 12.4. The first-order chi connectivity index (χ1) is 13.8. The van der Waals surface area contributed by atoms with Crippen molar-refractivity contribution < 1.29 is 16.8 Å². The molecular weight excluding hydrogens is 412 g/mol. The summed E-state index contributed by atoms with van der Waals surface area (Å²) in [6.07, 6.45) is 0.666. The number of nitrogens with zero attached hydrogens (tertiary/aromatic N) is 2. The fraction of sp³-hybridized carbons (Fsp3) is 0.368. The van der Waals surface area contributed by atoms with E-state index in [1.54, 1.807) is 0 Å². The molecule has 0 bridgehead atoms. The SMILES string of the molecule is NS(=O)(=O)c1cccc(S(=O)(=O)NCCCN2CCN(c3ccccc3)CC2)c1. The minimum absolute atomic E-state index is 0.111. The second-order valence-electron chi connectivity index (χ2n) is 6.94. The van der Waals surface area contributed by atoms with Crippen LogP contribution in [0.3, 0.4) is 0 Å². The van der Waals surface area contributed by atoms with Gasteiger partial charge in [-0.2, -0.15) is 0 Å². The van der Waals surface area contributed by atoms with E-state index >= 15 is 0 Å². The first-order valence-electron chi connectivity index (χ1n) is 9.41. The number of rotatable bonds is 8. The summed E-state index contributed by atoms with van der Waals surface area (Å²) < 4.78 is 50.1. The van der Waals surface area contributed by atoms with Crippen molar-refractivity contribution in [1.29, 1.82) is 0 Å². The van der Waals surface area contributed by atoms with Gasteiger partial charge in [0.2, 0.25) is 20.0 Å². The summed E-state index contributed by atoms with van der Waals surface area (Å²) in [5.41, 5.74) is 1.22. The fourth-order valence-corrected chi connectivity index (χ4v) is 5.03. The average Bonchev–Trinajstić information content (AvgIpc) is 2.72. The van der Waals surface area contributed by atoms with Crippen LogP contribution in [0.5, 0.6) is 0 Å². The number of hydrogen-bond donors (Lipinski definition) is 2. The number of nitrogens with two attached hydrogens (primary N) is 1. The molecule has 1 heterocycles. The van der Waals surface area contributed by atoms with Crippen LogP contribution in [0.15, 0.2) is 64.4 Å². The molecule has 1 fully saturated rings. The van der Waals surface area contributed by atoms with Crippen LogP contribution in [-0.2, 0) is 20.0 Å². The summed E-state index contributed by atoms with van der Waals surface area (Å²) in [6, 6.07) is 15.3. The first kappa shape index (κ1) is 21.7. The third-order valence-electron chi connectivity index (χ3n) is 4.88. The zero-order valence-electron chi connectivity index (χ0n) is 16.1. The predicted octanol–water partition coefficient (Wildman–Crippen LogP) is 0.825. The molecule has 0 spiro atoms. The Morgan fingerprint density at radius 1 is 0.862 bits per heavy atom. The van der Waals surface area contributed by atoms with E-state index in [9.17, 15) is 16.8 Å². The number of primary sulfonamides is 1. The fourth-order valence-electron chi connectivity index (χ4n) is 3.28. The molecule has 0 saturated carbocycles. The van der Waals surface area contributed by atoms with E-state index in [0.717, 1.165) is 38.8 Å². The van der Waals surface area contributed by atoms with Crippen LogP contribution in [0.1, 0.15) is 6.42 Å². The van der Waals surface area contributed by atoms with Crippen LogP contribution in [0, 0.1) is 0 Å². The Kier molecular flexibility index (Phi) is 6.91. The highest BCUT2D eigenvalue weighted by atomic mass is 32.2. The third-order valence-corrected chi connectivity index (χ3v) is 7.25. The summed E-state index contributed by atoms with van der Waals surface area (Å²) in [4.78, 5) is 4.32. The van der Waals surface area contributed by atoms with Crippen molar-refractivity contribution in [2.24, 2.45) is 5.14 Å². The minimum Gasteiger partial charge on any atom is -0.369 e. The summed E-state index contributed by atoms with van der Waals surface area (Å²) >= 11 is 0. The normalized spacial score (nSPS) is 16.1. The van der Waals surface area contributed by atoms with E-state index in [4.69, 9.17) is 5.14 Å². The molecule has 0 unspecified atom stereocenters. The zero-order chi connectivity index (χ0) is 20.9. The van der Waals surface area contributed by atoms with Crippen molar-refractivity contribution in [3.63, 3.8) is 0 Å². The summed E-state index contributed by atoms with van der Waals surface area (Å²) in [7, 11) is -7.74. The van der Waals surface area contributed by atoms with Gasteiger partial charge >= 0.3 is 0 Å². The minimum atomic E-state index is -3.95. The molecule has 2 aromatic rings. The Labute approximate surface area is 172 Å². The number of sulfonamides is 2. The lowest BCUT2D eigenvalue weighted by Gasteiger charge is -2.36.